The summed E-state index contributed by atoms with van der Waals surface area (Å²) in [5.74, 6) is 0.150. The molecule has 112 valence electrons. The summed E-state index contributed by atoms with van der Waals surface area (Å²) < 4.78 is 5.48. The van der Waals surface area contributed by atoms with Gasteiger partial charge in [0.1, 0.15) is 0 Å². The molecule has 0 spiro atoms. The SMILES string of the molecule is O=C1OC(c2ccccc2)=N[C@]1(CCBr)Cc1ccccc1. The van der Waals surface area contributed by atoms with Gasteiger partial charge in [-0.2, -0.15) is 0 Å². The number of hydrogen-bond acceptors (Lipinski definition) is 3. The number of hydrogen-bond donors (Lipinski definition) is 0. The van der Waals surface area contributed by atoms with E-state index in [2.05, 4.69) is 20.9 Å². The van der Waals surface area contributed by atoms with Crippen molar-refractivity contribution in [3.05, 3.63) is 71.8 Å². The zero-order chi connectivity index (χ0) is 15.4. The van der Waals surface area contributed by atoms with E-state index in [0.717, 1.165) is 11.1 Å². The molecule has 0 radical (unpaired) electrons. The van der Waals surface area contributed by atoms with Crippen molar-refractivity contribution in [2.45, 2.75) is 18.4 Å². The number of ether oxygens (including phenoxy) is 1. The zero-order valence-electron chi connectivity index (χ0n) is 12.0. The van der Waals surface area contributed by atoms with Gasteiger partial charge < -0.3 is 4.74 Å². The number of carbonyl (C=O) groups is 1. The van der Waals surface area contributed by atoms with E-state index in [1.54, 1.807) is 0 Å². The molecule has 0 fully saturated rings. The lowest BCUT2D eigenvalue weighted by Gasteiger charge is -2.20. The van der Waals surface area contributed by atoms with Crippen LogP contribution >= 0.6 is 15.9 Å². The number of carbonyl (C=O) groups excluding carboxylic acids is 1. The molecule has 0 saturated carbocycles. The van der Waals surface area contributed by atoms with Crippen molar-refractivity contribution in [2.24, 2.45) is 4.99 Å². The minimum atomic E-state index is -0.837. The van der Waals surface area contributed by atoms with Crippen LogP contribution in [0.4, 0.5) is 0 Å². The Labute approximate surface area is 138 Å². The standard InChI is InChI=1S/C18H16BrNO2/c19-12-11-18(13-14-7-3-1-4-8-14)17(21)22-16(20-18)15-9-5-2-6-10-15/h1-10H,11-13H2/t18-/m1/s1. The molecule has 0 amide bonds. The first-order chi connectivity index (χ1) is 10.7. The van der Waals surface area contributed by atoms with E-state index in [0.29, 0.717) is 24.1 Å². The van der Waals surface area contributed by atoms with Crippen molar-refractivity contribution in [3.8, 4) is 0 Å². The zero-order valence-corrected chi connectivity index (χ0v) is 13.6. The van der Waals surface area contributed by atoms with Gasteiger partial charge in [0.2, 0.25) is 5.90 Å². The van der Waals surface area contributed by atoms with Crippen LogP contribution in [0.2, 0.25) is 0 Å². The van der Waals surface area contributed by atoms with Gasteiger partial charge in [-0.15, -0.1) is 0 Å². The van der Waals surface area contributed by atoms with Gasteiger partial charge in [-0.25, -0.2) is 9.79 Å². The first-order valence-electron chi connectivity index (χ1n) is 7.21. The number of aliphatic imine (C=N–C) groups is 1. The summed E-state index contributed by atoms with van der Waals surface area (Å²) in [6.45, 7) is 0. The quantitative estimate of drug-likeness (QED) is 0.603. The summed E-state index contributed by atoms with van der Waals surface area (Å²) >= 11 is 3.43. The number of nitrogens with zero attached hydrogens (tertiary/aromatic N) is 1. The molecule has 4 heteroatoms. The number of alkyl halides is 1. The summed E-state index contributed by atoms with van der Waals surface area (Å²) in [6, 6.07) is 19.5. The highest BCUT2D eigenvalue weighted by molar-refractivity contribution is 9.09. The van der Waals surface area contributed by atoms with Gasteiger partial charge >= 0.3 is 5.97 Å². The van der Waals surface area contributed by atoms with Crippen molar-refractivity contribution >= 4 is 27.8 Å². The normalized spacial score (nSPS) is 20.6. The molecule has 0 saturated heterocycles. The fraction of sp³-hybridized carbons (Fsp3) is 0.222. The molecule has 3 nitrogen and oxygen atoms in total. The Morgan fingerprint density at radius 2 is 1.64 bits per heavy atom. The van der Waals surface area contributed by atoms with Crippen molar-refractivity contribution < 1.29 is 9.53 Å². The largest absolute Gasteiger partial charge is 0.405 e. The molecule has 0 bridgehead atoms. The average molecular weight is 358 g/mol. The Kier molecular flexibility index (Phi) is 4.39. The van der Waals surface area contributed by atoms with E-state index < -0.39 is 5.54 Å². The molecule has 3 rings (SSSR count). The van der Waals surface area contributed by atoms with Crippen LogP contribution in [0, 0.1) is 0 Å². The maximum atomic E-state index is 12.5. The van der Waals surface area contributed by atoms with E-state index in [4.69, 9.17) is 4.74 Å². The second-order valence-electron chi connectivity index (χ2n) is 5.31. The summed E-state index contributed by atoms with van der Waals surface area (Å²) in [5, 5.41) is 0.695. The smallest absolute Gasteiger partial charge is 0.341 e. The molecule has 22 heavy (non-hydrogen) atoms. The van der Waals surface area contributed by atoms with Crippen LogP contribution in [0.1, 0.15) is 17.5 Å². The van der Waals surface area contributed by atoms with Crippen LogP contribution in [0.3, 0.4) is 0 Å². The van der Waals surface area contributed by atoms with E-state index >= 15 is 0 Å². The van der Waals surface area contributed by atoms with Crippen LogP contribution in [-0.4, -0.2) is 22.7 Å². The third kappa shape index (κ3) is 2.97. The first kappa shape index (κ1) is 15.0. The average Bonchev–Trinajstić information content (AvgIpc) is 2.86. The summed E-state index contributed by atoms with van der Waals surface area (Å²) in [4.78, 5) is 17.2. The second-order valence-corrected chi connectivity index (χ2v) is 6.10. The lowest BCUT2D eigenvalue weighted by atomic mass is 9.89. The van der Waals surface area contributed by atoms with Gasteiger partial charge in [0.15, 0.2) is 5.54 Å². The van der Waals surface area contributed by atoms with Crippen LogP contribution < -0.4 is 0 Å². The maximum Gasteiger partial charge on any atom is 0.341 e. The summed E-state index contributed by atoms with van der Waals surface area (Å²) in [5.41, 5.74) is 1.08. The molecular weight excluding hydrogens is 342 g/mol. The van der Waals surface area contributed by atoms with E-state index in [1.165, 1.54) is 0 Å². The fourth-order valence-corrected chi connectivity index (χ4v) is 3.25. The second kappa shape index (κ2) is 6.44. The molecule has 0 aromatic heterocycles. The van der Waals surface area contributed by atoms with Gasteiger partial charge in [-0.1, -0.05) is 64.5 Å². The molecule has 0 unspecified atom stereocenters. The molecule has 1 aliphatic heterocycles. The van der Waals surface area contributed by atoms with Crippen LogP contribution in [0.25, 0.3) is 0 Å². The number of rotatable bonds is 5. The van der Waals surface area contributed by atoms with Gasteiger partial charge in [0.05, 0.1) is 0 Å². The third-order valence-corrected chi connectivity index (χ3v) is 4.15. The van der Waals surface area contributed by atoms with Crippen LogP contribution in [0.15, 0.2) is 65.7 Å². The minimum absolute atomic E-state index is 0.269. The predicted octanol–water partition coefficient (Wildman–Crippen LogP) is 3.76. The fourth-order valence-electron chi connectivity index (χ4n) is 2.60. The Bertz CT molecular complexity index is 685. The van der Waals surface area contributed by atoms with Crippen LogP contribution in [-0.2, 0) is 16.0 Å². The van der Waals surface area contributed by atoms with E-state index in [1.807, 2.05) is 60.7 Å². The van der Waals surface area contributed by atoms with Crippen molar-refractivity contribution in [1.29, 1.82) is 0 Å². The number of halogens is 1. The molecule has 2 aromatic carbocycles. The predicted molar refractivity (Wildman–Crippen MR) is 90.4 cm³/mol. The Morgan fingerprint density at radius 1 is 1.00 bits per heavy atom. The van der Waals surface area contributed by atoms with E-state index in [9.17, 15) is 4.79 Å². The van der Waals surface area contributed by atoms with Crippen molar-refractivity contribution in [2.75, 3.05) is 5.33 Å². The van der Waals surface area contributed by atoms with Crippen molar-refractivity contribution in [3.63, 3.8) is 0 Å². The number of cyclic esters (lactones) is 1. The lowest BCUT2D eigenvalue weighted by molar-refractivity contribution is -0.139. The minimum Gasteiger partial charge on any atom is -0.405 e. The summed E-state index contributed by atoms with van der Waals surface area (Å²) in [7, 11) is 0. The maximum absolute atomic E-state index is 12.5. The van der Waals surface area contributed by atoms with Gasteiger partial charge in [0.25, 0.3) is 0 Å². The van der Waals surface area contributed by atoms with Gasteiger partial charge in [-0.3, -0.25) is 0 Å². The molecule has 1 atom stereocenters. The van der Waals surface area contributed by atoms with Gasteiger partial charge in [0, 0.05) is 17.3 Å². The molecule has 1 aliphatic rings. The number of benzene rings is 2. The third-order valence-electron chi connectivity index (χ3n) is 3.75. The molecule has 0 N–H and O–H groups in total. The van der Waals surface area contributed by atoms with E-state index in [-0.39, 0.29) is 5.97 Å². The van der Waals surface area contributed by atoms with Gasteiger partial charge in [-0.05, 0) is 24.1 Å². The Hall–Kier alpha value is -1.94. The molecule has 1 heterocycles. The first-order valence-corrected chi connectivity index (χ1v) is 8.33. The van der Waals surface area contributed by atoms with Crippen LogP contribution in [0.5, 0.6) is 0 Å². The highest BCUT2D eigenvalue weighted by atomic mass is 79.9. The molecule has 0 aliphatic carbocycles. The lowest BCUT2D eigenvalue weighted by Crippen LogP contribution is -2.36. The summed E-state index contributed by atoms with van der Waals surface area (Å²) in [6.07, 6.45) is 1.16. The molecular formula is C18H16BrNO2. The number of esters is 1. The Balaban J connectivity index is 1.95. The Morgan fingerprint density at radius 3 is 2.27 bits per heavy atom. The topological polar surface area (TPSA) is 38.7 Å². The monoisotopic (exact) mass is 357 g/mol. The highest BCUT2D eigenvalue weighted by Gasteiger charge is 2.45. The molecule has 2 aromatic rings. The van der Waals surface area contributed by atoms with Crippen molar-refractivity contribution in [1.82, 2.24) is 0 Å². The highest BCUT2D eigenvalue weighted by Crippen LogP contribution is 2.31.